The number of amides is 1. The fraction of sp³-hybridized carbons (Fsp3) is 0.364. The van der Waals surface area contributed by atoms with Gasteiger partial charge in [0.15, 0.2) is 5.76 Å². The zero-order valence-corrected chi connectivity index (χ0v) is 8.62. The Morgan fingerprint density at radius 3 is 3.00 bits per heavy atom. The van der Waals surface area contributed by atoms with Gasteiger partial charge in [0.1, 0.15) is 5.76 Å². The lowest BCUT2D eigenvalue weighted by Gasteiger charge is -2.08. The summed E-state index contributed by atoms with van der Waals surface area (Å²) in [6.45, 7) is 2.12. The van der Waals surface area contributed by atoms with Gasteiger partial charge in [-0.3, -0.25) is 4.79 Å². The quantitative estimate of drug-likeness (QED) is 0.718. The van der Waals surface area contributed by atoms with Crippen molar-refractivity contribution in [2.24, 2.45) is 5.73 Å². The van der Waals surface area contributed by atoms with E-state index >= 15 is 0 Å². The molecule has 0 bridgehead atoms. The third kappa shape index (κ3) is 3.15. The highest BCUT2D eigenvalue weighted by atomic mass is 16.4. The molecular weight excluding hydrogens is 192 g/mol. The van der Waals surface area contributed by atoms with Crippen LogP contribution in [0.25, 0.3) is 0 Å². The predicted octanol–water partition coefficient (Wildman–Crippen LogP) is 0.880. The van der Waals surface area contributed by atoms with Crippen LogP contribution in [-0.2, 0) is 6.54 Å². The van der Waals surface area contributed by atoms with Gasteiger partial charge < -0.3 is 15.5 Å². The molecule has 0 saturated carbocycles. The van der Waals surface area contributed by atoms with E-state index < -0.39 is 0 Å². The number of carbonyl (C=O) groups is 1. The molecule has 0 aliphatic rings. The van der Waals surface area contributed by atoms with Crippen LogP contribution in [0.3, 0.4) is 0 Å². The second kappa shape index (κ2) is 5.23. The van der Waals surface area contributed by atoms with Crippen molar-refractivity contribution in [3.63, 3.8) is 0 Å². The molecule has 3 N–H and O–H groups in total. The van der Waals surface area contributed by atoms with Gasteiger partial charge in [-0.25, -0.2) is 0 Å². The predicted molar refractivity (Wildman–Crippen MR) is 57.0 cm³/mol. The Kier molecular flexibility index (Phi) is 3.95. The molecule has 80 valence electrons. The average Bonchev–Trinajstić information content (AvgIpc) is 2.66. The average molecular weight is 206 g/mol. The molecule has 0 aliphatic heterocycles. The lowest BCUT2D eigenvalue weighted by Crippen LogP contribution is -2.31. The molecule has 1 aromatic rings. The Labute approximate surface area is 88.8 Å². The van der Waals surface area contributed by atoms with Crippen LogP contribution in [0.2, 0.25) is 0 Å². The summed E-state index contributed by atoms with van der Waals surface area (Å²) in [4.78, 5) is 11.5. The first-order valence-electron chi connectivity index (χ1n) is 4.70. The Bertz CT molecular complexity index is 376. The molecule has 4 heteroatoms. The fourth-order valence-corrected chi connectivity index (χ4v) is 1.13. The van der Waals surface area contributed by atoms with Crippen LogP contribution in [0.1, 0.15) is 29.7 Å². The van der Waals surface area contributed by atoms with Crippen LogP contribution in [0.4, 0.5) is 0 Å². The normalized spacial score (nSPS) is 11.8. The van der Waals surface area contributed by atoms with Gasteiger partial charge in [-0.2, -0.15) is 0 Å². The molecule has 0 radical (unpaired) electrons. The second-order valence-corrected chi connectivity index (χ2v) is 3.25. The minimum Gasteiger partial charge on any atom is -0.455 e. The number of nitrogens with two attached hydrogens (primary N) is 1. The minimum atomic E-state index is -0.266. The first-order valence-corrected chi connectivity index (χ1v) is 4.70. The third-order valence-corrected chi connectivity index (χ3v) is 1.89. The monoisotopic (exact) mass is 206 g/mol. The van der Waals surface area contributed by atoms with Crippen LogP contribution < -0.4 is 11.1 Å². The maximum Gasteiger partial charge on any atom is 0.287 e. The van der Waals surface area contributed by atoms with Crippen molar-refractivity contribution in [2.75, 3.05) is 0 Å². The van der Waals surface area contributed by atoms with E-state index in [9.17, 15) is 4.79 Å². The summed E-state index contributed by atoms with van der Waals surface area (Å²) in [5, 5.41) is 2.72. The van der Waals surface area contributed by atoms with Crippen molar-refractivity contribution in [2.45, 2.75) is 25.9 Å². The number of nitrogens with one attached hydrogen (secondary N) is 1. The van der Waals surface area contributed by atoms with Crippen molar-refractivity contribution >= 4 is 5.91 Å². The molecule has 0 spiro atoms. The zero-order valence-electron chi connectivity index (χ0n) is 8.62. The van der Waals surface area contributed by atoms with Gasteiger partial charge in [-0.1, -0.05) is 0 Å². The molecule has 0 aliphatic carbocycles. The maximum atomic E-state index is 11.5. The highest BCUT2D eigenvalue weighted by Crippen LogP contribution is 2.07. The molecule has 1 amide bonds. The van der Waals surface area contributed by atoms with E-state index in [1.54, 1.807) is 12.1 Å². The Morgan fingerprint density at radius 1 is 1.73 bits per heavy atom. The van der Waals surface area contributed by atoms with Gasteiger partial charge in [0.05, 0.1) is 6.54 Å². The van der Waals surface area contributed by atoms with Crippen LogP contribution >= 0.6 is 0 Å². The largest absolute Gasteiger partial charge is 0.455 e. The van der Waals surface area contributed by atoms with Crippen LogP contribution in [0.5, 0.6) is 0 Å². The lowest BCUT2D eigenvalue weighted by molar-refractivity contribution is 0.0911. The van der Waals surface area contributed by atoms with E-state index in [1.165, 1.54) is 0 Å². The Hall–Kier alpha value is -1.73. The molecule has 1 heterocycles. The smallest absolute Gasteiger partial charge is 0.287 e. The SMILES string of the molecule is C#CCC(C)NC(=O)c1ccc(CN)o1. The van der Waals surface area contributed by atoms with E-state index in [0.717, 1.165) is 0 Å². The lowest BCUT2D eigenvalue weighted by atomic mass is 10.2. The molecule has 1 aromatic heterocycles. The van der Waals surface area contributed by atoms with E-state index in [2.05, 4.69) is 11.2 Å². The first kappa shape index (κ1) is 11.3. The molecule has 0 saturated heterocycles. The highest BCUT2D eigenvalue weighted by molar-refractivity contribution is 5.91. The number of carbonyl (C=O) groups excluding carboxylic acids is 1. The first-order chi connectivity index (χ1) is 7.17. The standard InChI is InChI=1S/C11H14N2O2/c1-3-4-8(2)13-11(14)10-6-5-9(7-12)15-10/h1,5-6,8H,4,7,12H2,2H3,(H,13,14). The summed E-state index contributed by atoms with van der Waals surface area (Å²) in [5.74, 6) is 3.06. The molecule has 1 unspecified atom stereocenters. The second-order valence-electron chi connectivity index (χ2n) is 3.25. The van der Waals surface area contributed by atoms with E-state index in [4.69, 9.17) is 16.6 Å². The summed E-state index contributed by atoms with van der Waals surface area (Å²) < 4.78 is 5.18. The molecule has 4 nitrogen and oxygen atoms in total. The van der Waals surface area contributed by atoms with Crippen LogP contribution in [-0.4, -0.2) is 11.9 Å². The molecule has 1 atom stereocenters. The number of hydrogen-bond acceptors (Lipinski definition) is 3. The van der Waals surface area contributed by atoms with Crippen LogP contribution in [0.15, 0.2) is 16.5 Å². The molecule has 1 rings (SSSR count). The summed E-state index contributed by atoms with van der Waals surface area (Å²) >= 11 is 0. The molecule has 0 aromatic carbocycles. The minimum absolute atomic E-state index is 0.0612. The van der Waals surface area contributed by atoms with Crippen molar-refractivity contribution in [3.05, 3.63) is 23.7 Å². The van der Waals surface area contributed by atoms with Gasteiger partial charge in [0.2, 0.25) is 0 Å². The number of furan rings is 1. The maximum absolute atomic E-state index is 11.5. The van der Waals surface area contributed by atoms with E-state index in [1.807, 2.05) is 6.92 Å². The number of rotatable bonds is 4. The fourth-order valence-electron chi connectivity index (χ4n) is 1.13. The van der Waals surface area contributed by atoms with Gasteiger partial charge >= 0.3 is 0 Å². The Balaban J connectivity index is 2.57. The van der Waals surface area contributed by atoms with Crippen molar-refractivity contribution in [3.8, 4) is 12.3 Å². The molecule has 15 heavy (non-hydrogen) atoms. The summed E-state index contributed by atoms with van der Waals surface area (Å²) in [7, 11) is 0. The van der Waals surface area contributed by atoms with Gasteiger partial charge in [0.25, 0.3) is 5.91 Å². The number of hydrogen-bond donors (Lipinski definition) is 2. The van der Waals surface area contributed by atoms with Crippen molar-refractivity contribution in [1.82, 2.24) is 5.32 Å². The van der Waals surface area contributed by atoms with Crippen molar-refractivity contribution < 1.29 is 9.21 Å². The third-order valence-electron chi connectivity index (χ3n) is 1.89. The summed E-state index contributed by atoms with van der Waals surface area (Å²) in [6.07, 6.45) is 5.62. The van der Waals surface area contributed by atoms with Gasteiger partial charge in [-0.05, 0) is 19.1 Å². The zero-order chi connectivity index (χ0) is 11.3. The van der Waals surface area contributed by atoms with Gasteiger partial charge in [0, 0.05) is 12.5 Å². The molecule has 0 fully saturated rings. The Morgan fingerprint density at radius 2 is 2.47 bits per heavy atom. The van der Waals surface area contributed by atoms with Crippen molar-refractivity contribution in [1.29, 1.82) is 0 Å². The highest BCUT2D eigenvalue weighted by Gasteiger charge is 2.12. The van der Waals surface area contributed by atoms with Crippen LogP contribution in [0, 0.1) is 12.3 Å². The topological polar surface area (TPSA) is 68.3 Å². The number of terminal acetylenes is 1. The van der Waals surface area contributed by atoms with E-state index in [0.29, 0.717) is 12.2 Å². The summed E-state index contributed by atoms with van der Waals surface area (Å²) in [6, 6.07) is 3.22. The van der Waals surface area contributed by atoms with E-state index in [-0.39, 0.29) is 24.3 Å². The molecular formula is C11H14N2O2. The van der Waals surface area contributed by atoms with Gasteiger partial charge in [-0.15, -0.1) is 12.3 Å². The summed E-state index contributed by atoms with van der Waals surface area (Å²) in [5.41, 5.74) is 5.36.